The maximum absolute atomic E-state index is 11.8. The lowest BCUT2D eigenvalue weighted by molar-refractivity contribution is -0.119. The first-order chi connectivity index (χ1) is 7.49. The van der Waals surface area contributed by atoms with Crippen molar-refractivity contribution >= 4 is 27.5 Å². The lowest BCUT2D eigenvalue weighted by Crippen LogP contribution is -2.21. The summed E-state index contributed by atoms with van der Waals surface area (Å²) in [6.45, 7) is 6.13. The van der Waals surface area contributed by atoms with Gasteiger partial charge in [-0.25, -0.2) is 9.97 Å². The molecule has 0 radical (unpaired) electrons. The molecule has 0 spiro atoms. The Kier molecular flexibility index (Phi) is 4.86. The highest BCUT2D eigenvalue weighted by Gasteiger charge is 2.14. The molecule has 1 rings (SSSR count). The lowest BCUT2D eigenvalue weighted by Gasteiger charge is -2.13. The molecule has 0 aliphatic heterocycles. The van der Waals surface area contributed by atoms with Crippen LogP contribution in [0.2, 0.25) is 0 Å². The molecule has 16 heavy (non-hydrogen) atoms. The number of aromatic nitrogens is 2. The first-order valence-electron chi connectivity index (χ1n) is 5.27. The molecule has 0 saturated heterocycles. The number of nitrogens with one attached hydrogen (secondary N) is 1. The van der Waals surface area contributed by atoms with E-state index in [1.807, 2.05) is 6.92 Å². The number of carbonyl (C=O) groups is 1. The molecule has 1 aromatic heterocycles. The minimum absolute atomic E-state index is 0.00338. The SMILES string of the molecule is CC(C)CC(C)C(=O)Nc1cnc(Br)nc1. The first kappa shape index (κ1) is 13.1. The Morgan fingerprint density at radius 2 is 1.94 bits per heavy atom. The molecular weight excluding hydrogens is 270 g/mol. The van der Waals surface area contributed by atoms with Crippen molar-refractivity contribution in [1.29, 1.82) is 0 Å². The van der Waals surface area contributed by atoms with Crippen LogP contribution >= 0.6 is 15.9 Å². The number of carbonyl (C=O) groups excluding carboxylic acids is 1. The molecule has 0 aromatic carbocycles. The van der Waals surface area contributed by atoms with Crippen LogP contribution in [0.3, 0.4) is 0 Å². The van der Waals surface area contributed by atoms with Crippen molar-refractivity contribution < 1.29 is 4.79 Å². The van der Waals surface area contributed by atoms with E-state index in [0.717, 1.165) is 6.42 Å². The predicted molar refractivity (Wildman–Crippen MR) is 67.0 cm³/mol. The first-order valence-corrected chi connectivity index (χ1v) is 6.06. The molecule has 1 amide bonds. The van der Waals surface area contributed by atoms with E-state index in [2.05, 4.69) is 45.1 Å². The van der Waals surface area contributed by atoms with Crippen molar-refractivity contribution in [1.82, 2.24) is 9.97 Å². The van der Waals surface area contributed by atoms with Gasteiger partial charge in [-0.05, 0) is 28.3 Å². The van der Waals surface area contributed by atoms with Gasteiger partial charge >= 0.3 is 0 Å². The van der Waals surface area contributed by atoms with Gasteiger partial charge in [-0.15, -0.1) is 0 Å². The van der Waals surface area contributed by atoms with Crippen molar-refractivity contribution in [2.24, 2.45) is 11.8 Å². The Morgan fingerprint density at radius 3 is 2.44 bits per heavy atom. The average molecular weight is 286 g/mol. The van der Waals surface area contributed by atoms with Gasteiger partial charge in [0.05, 0.1) is 18.1 Å². The summed E-state index contributed by atoms with van der Waals surface area (Å²) in [5.74, 6) is 0.533. The van der Waals surface area contributed by atoms with Gasteiger partial charge in [0.25, 0.3) is 0 Å². The smallest absolute Gasteiger partial charge is 0.227 e. The van der Waals surface area contributed by atoms with Crippen LogP contribution in [0.5, 0.6) is 0 Å². The van der Waals surface area contributed by atoms with E-state index in [4.69, 9.17) is 0 Å². The standard InChI is InChI=1S/C11H16BrN3O/c1-7(2)4-8(3)10(16)15-9-5-13-11(12)14-6-9/h5-8H,4H2,1-3H3,(H,15,16). The van der Waals surface area contributed by atoms with Crippen LogP contribution in [0.25, 0.3) is 0 Å². The zero-order chi connectivity index (χ0) is 12.1. The number of hydrogen-bond acceptors (Lipinski definition) is 3. The fourth-order valence-electron chi connectivity index (χ4n) is 1.46. The van der Waals surface area contributed by atoms with Crippen LogP contribution in [0.15, 0.2) is 17.1 Å². The summed E-state index contributed by atoms with van der Waals surface area (Å²) in [5.41, 5.74) is 0.629. The van der Waals surface area contributed by atoms with E-state index in [1.54, 1.807) is 12.4 Å². The minimum Gasteiger partial charge on any atom is -0.323 e. The molecule has 4 nitrogen and oxygen atoms in total. The number of amides is 1. The second-order valence-electron chi connectivity index (χ2n) is 4.26. The summed E-state index contributed by atoms with van der Waals surface area (Å²) >= 11 is 3.14. The monoisotopic (exact) mass is 285 g/mol. The van der Waals surface area contributed by atoms with Crippen LogP contribution in [-0.4, -0.2) is 15.9 Å². The summed E-state index contributed by atoms with van der Waals surface area (Å²) in [6.07, 6.45) is 4.04. The van der Waals surface area contributed by atoms with Crippen LogP contribution in [-0.2, 0) is 4.79 Å². The van der Waals surface area contributed by atoms with E-state index in [0.29, 0.717) is 16.3 Å². The fourth-order valence-corrected chi connectivity index (χ4v) is 1.66. The van der Waals surface area contributed by atoms with Gasteiger partial charge in [-0.3, -0.25) is 4.79 Å². The maximum atomic E-state index is 11.8. The van der Waals surface area contributed by atoms with Crippen LogP contribution in [0.4, 0.5) is 5.69 Å². The highest BCUT2D eigenvalue weighted by molar-refractivity contribution is 9.10. The average Bonchev–Trinajstić information content (AvgIpc) is 2.20. The number of hydrogen-bond donors (Lipinski definition) is 1. The summed E-state index contributed by atoms with van der Waals surface area (Å²) in [4.78, 5) is 19.6. The summed E-state index contributed by atoms with van der Waals surface area (Å²) in [6, 6.07) is 0. The summed E-state index contributed by atoms with van der Waals surface area (Å²) in [5, 5.41) is 2.79. The third-order valence-electron chi connectivity index (χ3n) is 2.16. The zero-order valence-electron chi connectivity index (χ0n) is 9.70. The van der Waals surface area contributed by atoms with Gasteiger partial charge in [-0.1, -0.05) is 20.8 Å². The molecule has 0 bridgehead atoms. The lowest BCUT2D eigenvalue weighted by atomic mass is 9.98. The van der Waals surface area contributed by atoms with Crippen molar-refractivity contribution in [3.8, 4) is 0 Å². The molecule has 1 atom stereocenters. The molecule has 0 aliphatic rings. The van der Waals surface area contributed by atoms with E-state index in [-0.39, 0.29) is 11.8 Å². The van der Waals surface area contributed by atoms with Gasteiger partial charge in [0.1, 0.15) is 0 Å². The summed E-state index contributed by atoms with van der Waals surface area (Å²) < 4.78 is 0.515. The van der Waals surface area contributed by atoms with E-state index in [9.17, 15) is 4.79 Å². The molecule has 0 fully saturated rings. The number of anilines is 1. The number of rotatable bonds is 4. The Morgan fingerprint density at radius 1 is 1.38 bits per heavy atom. The van der Waals surface area contributed by atoms with Gasteiger partial charge in [0, 0.05) is 5.92 Å². The van der Waals surface area contributed by atoms with Crippen LogP contribution < -0.4 is 5.32 Å². The predicted octanol–water partition coefficient (Wildman–Crippen LogP) is 2.86. The normalized spacial score (nSPS) is 12.6. The van der Waals surface area contributed by atoms with Crippen molar-refractivity contribution in [3.05, 3.63) is 17.1 Å². The number of nitrogens with zero attached hydrogens (tertiary/aromatic N) is 2. The molecule has 1 unspecified atom stereocenters. The fraction of sp³-hybridized carbons (Fsp3) is 0.545. The van der Waals surface area contributed by atoms with Gasteiger partial charge < -0.3 is 5.32 Å². The minimum atomic E-state index is 0.00338. The quantitative estimate of drug-likeness (QED) is 0.866. The second kappa shape index (κ2) is 5.94. The second-order valence-corrected chi connectivity index (χ2v) is 4.97. The molecule has 88 valence electrons. The molecule has 1 aromatic rings. The Bertz CT molecular complexity index is 351. The van der Waals surface area contributed by atoms with Gasteiger partial charge in [-0.2, -0.15) is 0 Å². The number of halogens is 1. The van der Waals surface area contributed by atoms with Gasteiger partial charge in [0.2, 0.25) is 5.91 Å². The molecule has 5 heteroatoms. The van der Waals surface area contributed by atoms with Crippen molar-refractivity contribution in [2.45, 2.75) is 27.2 Å². The molecule has 0 saturated carbocycles. The largest absolute Gasteiger partial charge is 0.323 e. The third-order valence-corrected chi connectivity index (χ3v) is 2.57. The third kappa shape index (κ3) is 4.26. The topological polar surface area (TPSA) is 54.9 Å². The molecule has 1 heterocycles. The van der Waals surface area contributed by atoms with Crippen molar-refractivity contribution in [2.75, 3.05) is 5.32 Å². The van der Waals surface area contributed by atoms with E-state index >= 15 is 0 Å². The Hall–Kier alpha value is -0.970. The molecule has 1 N–H and O–H groups in total. The highest BCUT2D eigenvalue weighted by Crippen LogP contribution is 2.14. The highest BCUT2D eigenvalue weighted by atomic mass is 79.9. The maximum Gasteiger partial charge on any atom is 0.227 e. The molecule has 0 aliphatic carbocycles. The van der Waals surface area contributed by atoms with E-state index < -0.39 is 0 Å². The van der Waals surface area contributed by atoms with Gasteiger partial charge in [0.15, 0.2) is 4.73 Å². The zero-order valence-corrected chi connectivity index (χ0v) is 11.3. The van der Waals surface area contributed by atoms with Crippen LogP contribution in [0.1, 0.15) is 27.2 Å². The Labute approximate surface area is 104 Å². The van der Waals surface area contributed by atoms with E-state index in [1.165, 1.54) is 0 Å². The van der Waals surface area contributed by atoms with Crippen molar-refractivity contribution in [3.63, 3.8) is 0 Å². The molecular formula is C11H16BrN3O. The Balaban J connectivity index is 2.54. The summed E-state index contributed by atoms with van der Waals surface area (Å²) in [7, 11) is 0. The van der Waals surface area contributed by atoms with Crippen LogP contribution in [0, 0.1) is 11.8 Å².